The number of rotatable bonds is 4. The van der Waals surface area contributed by atoms with Crippen molar-refractivity contribution >= 4 is 11.6 Å². The Bertz CT molecular complexity index is 655. The van der Waals surface area contributed by atoms with Crippen molar-refractivity contribution in [2.45, 2.75) is 26.8 Å². The van der Waals surface area contributed by atoms with E-state index in [0.717, 1.165) is 17.2 Å². The molecule has 0 radical (unpaired) electrons. The summed E-state index contributed by atoms with van der Waals surface area (Å²) in [5.74, 6) is -1.09. The van der Waals surface area contributed by atoms with Gasteiger partial charge in [-0.3, -0.25) is 0 Å². The van der Waals surface area contributed by atoms with E-state index in [1.165, 1.54) is 0 Å². The van der Waals surface area contributed by atoms with Gasteiger partial charge in [0.25, 0.3) is 0 Å². The van der Waals surface area contributed by atoms with Crippen molar-refractivity contribution in [1.29, 1.82) is 0 Å². The van der Waals surface area contributed by atoms with Crippen LogP contribution in [0.1, 0.15) is 35.2 Å². The zero-order valence-corrected chi connectivity index (χ0v) is 13.1. The van der Waals surface area contributed by atoms with Crippen LogP contribution in [-0.4, -0.2) is 6.54 Å². The second kappa shape index (κ2) is 6.54. The highest BCUT2D eigenvalue weighted by atomic mass is 35.5. The molecule has 2 aromatic rings. The molecule has 2 rings (SSSR count). The second-order valence-electron chi connectivity index (χ2n) is 5.12. The van der Waals surface area contributed by atoms with Gasteiger partial charge in [-0.05, 0) is 49.2 Å². The van der Waals surface area contributed by atoms with Crippen molar-refractivity contribution in [3.8, 4) is 0 Å². The molecule has 0 saturated heterocycles. The smallest absolute Gasteiger partial charge is 0.131 e. The summed E-state index contributed by atoms with van der Waals surface area (Å²) in [5.41, 5.74) is 2.67. The van der Waals surface area contributed by atoms with Gasteiger partial charge in [0.15, 0.2) is 0 Å². The minimum Gasteiger partial charge on any atom is -0.306 e. The normalized spacial score (nSPS) is 12.5. The summed E-state index contributed by atoms with van der Waals surface area (Å²) in [7, 11) is 0. The largest absolute Gasteiger partial charge is 0.306 e. The molecule has 0 aliphatic rings. The monoisotopic (exact) mass is 309 g/mol. The molecule has 21 heavy (non-hydrogen) atoms. The minimum atomic E-state index is -0.555. The molecular weight excluding hydrogens is 292 g/mol. The summed E-state index contributed by atoms with van der Waals surface area (Å²) >= 11 is 6.16. The molecule has 0 amide bonds. The van der Waals surface area contributed by atoms with Crippen LogP contribution < -0.4 is 5.32 Å². The predicted molar refractivity (Wildman–Crippen MR) is 82.8 cm³/mol. The highest BCUT2D eigenvalue weighted by molar-refractivity contribution is 6.31. The van der Waals surface area contributed by atoms with Gasteiger partial charge in [0.05, 0.1) is 6.04 Å². The standard InChI is InChI=1S/C17H18ClF2N/c1-4-21-17(12-6-5-10(2)14(18)8-12)13-7-11(3)15(19)9-16(13)20/h5-9,17,21H,4H2,1-3H3. The third-order valence-electron chi connectivity index (χ3n) is 3.53. The zero-order valence-electron chi connectivity index (χ0n) is 12.3. The van der Waals surface area contributed by atoms with Crippen molar-refractivity contribution in [2.75, 3.05) is 6.54 Å². The van der Waals surface area contributed by atoms with Crippen molar-refractivity contribution in [3.63, 3.8) is 0 Å². The maximum absolute atomic E-state index is 14.2. The van der Waals surface area contributed by atoms with Gasteiger partial charge >= 0.3 is 0 Å². The van der Waals surface area contributed by atoms with Gasteiger partial charge in [-0.2, -0.15) is 0 Å². The van der Waals surface area contributed by atoms with Crippen LogP contribution in [0.25, 0.3) is 0 Å². The van der Waals surface area contributed by atoms with E-state index in [1.807, 2.05) is 32.0 Å². The van der Waals surface area contributed by atoms with Gasteiger partial charge in [-0.25, -0.2) is 8.78 Å². The maximum atomic E-state index is 14.2. The Hall–Kier alpha value is -1.45. The van der Waals surface area contributed by atoms with Crippen molar-refractivity contribution in [1.82, 2.24) is 5.32 Å². The average molecular weight is 310 g/mol. The van der Waals surface area contributed by atoms with Gasteiger partial charge in [-0.1, -0.05) is 30.7 Å². The van der Waals surface area contributed by atoms with Crippen molar-refractivity contribution in [3.05, 3.63) is 69.2 Å². The number of nitrogens with one attached hydrogen (secondary N) is 1. The van der Waals surface area contributed by atoms with Crippen LogP contribution in [-0.2, 0) is 0 Å². The number of hydrogen-bond donors (Lipinski definition) is 1. The van der Waals surface area contributed by atoms with E-state index >= 15 is 0 Å². The Kier molecular flexibility index (Phi) is 4.96. The van der Waals surface area contributed by atoms with Crippen LogP contribution in [0.15, 0.2) is 30.3 Å². The van der Waals surface area contributed by atoms with Crippen LogP contribution in [0.2, 0.25) is 5.02 Å². The summed E-state index contributed by atoms with van der Waals surface area (Å²) in [6.45, 7) is 6.14. The average Bonchev–Trinajstić information content (AvgIpc) is 2.44. The fraction of sp³-hybridized carbons (Fsp3) is 0.294. The first-order valence-corrected chi connectivity index (χ1v) is 7.26. The Labute approximate surface area is 128 Å². The molecule has 1 unspecified atom stereocenters. The molecule has 2 aromatic carbocycles. The molecule has 4 heteroatoms. The Balaban J connectivity index is 2.52. The van der Waals surface area contributed by atoms with Crippen molar-refractivity contribution in [2.24, 2.45) is 0 Å². The summed E-state index contributed by atoms with van der Waals surface area (Å²) in [6.07, 6.45) is 0. The number of halogens is 3. The molecule has 0 saturated carbocycles. The zero-order chi connectivity index (χ0) is 15.6. The molecule has 112 valence electrons. The van der Waals surface area contributed by atoms with Gasteiger partial charge < -0.3 is 5.32 Å². The molecule has 0 aliphatic carbocycles. The van der Waals surface area contributed by atoms with E-state index in [9.17, 15) is 8.78 Å². The van der Waals surface area contributed by atoms with E-state index in [2.05, 4.69) is 5.32 Å². The minimum absolute atomic E-state index is 0.354. The lowest BCUT2D eigenvalue weighted by Gasteiger charge is -2.21. The molecule has 1 N–H and O–H groups in total. The van der Waals surface area contributed by atoms with E-state index in [-0.39, 0.29) is 6.04 Å². The third-order valence-corrected chi connectivity index (χ3v) is 3.93. The van der Waals surface area contributed by atoms with Gasteiger partial charge in [0.1, 0.15) is 11.6 Å². The number of hydrogen-bond acceptors (Lipinski definition) is 1. The highest BCUT2D eigenvalue weighted by Crippen LogP contribution is 2.29. The first-order valence-electron chi connectivity index (χ1n) is 6.89. The Morgan fingerprint density at radius 2 is 1.76 bits per heavy atom. The van der Waals surface area contributed by atoms with Gasteiger partial charge in [0.2, 0.25) is 0 Å². The molecule has 0 aromatic heterocycles. The van der Waals surface area contributed by atoms with Crippen LogP contribution >= 0.6 is 11.6 Å². The quantitative estimate of drug-likeness (QED) is 0.844. The molecule has 0 bridgehead atoms. The van der Waals surface area contributed by atoms with E-state index < -0.39 is 11.6 Å². The molecule has 0 heterocycles. The fourth-order valence-corrected chi connectivity index (χ4v) is 2.49. The molecule has 0 spiro atoms. The van der Waals surface area contributed by atoms with Gasteiger partial charge in [-0.15, -0.1) is 0 Å². The van der Waals surface area contributed by atoms with Crippen molar-refractivity contribution < 1.29 is 8.78 Å². The topological polar surface area (TPSA) is 12.0 Å². The van der Waals surface area contributed by atoms with Crippen LogP contribution in [0.5, 0.6) is 0 Å². The van der Waals surface area contributed by atoms with E-state index in [0.29, 0.717) is 22.7 Å². The van der Waals surface area contributed by atoms with Crippen LogP contribution in [0, 0.1) is 25.5 Å². The third kappa shape index (κ3) is 3.42. The second-order valence-corrected chi connectivity index (χ2v) is 5.53. The lowest BCUT2D eigenvalue weighted by molar-refractivity contribution is 0.537. The lowest BCUT2D eigenvalue weighted by atomic mass is 9.95. The molecule has 0 aliphatic heterocycles. The first-order chi connectivity index (χ1) is 9.93. The molecule has 1 nitrogen and oxygen atoms in total. The fourth-order valence-electron chi connectivity index (χ4n) is 2.30. The lowest BCUT2D eigenvalue weighted by Crippen LogP contribution is -2.23. The summed E-state index contributed by atoms with van der Waals surface area (Å²) in [6, 6.07) is 7.76. The molecule has 1 atom stereocenters. The van der Waals surface area contributed by atoms with E-state index in [1.54, 1.807) is 13.0 Å². The number of aryl methyl sites for hydroxylation is 2. The number of benzene rings is 2. The summed E-state index contributed by atoms with van der Waals surface area (Å²) in [4.78, 5) is 0. The highest BCUT2D eigenvalue weighted by Gasteiger charge is 2.19. The SMILES string of the molecule is CCNC(c1ccc(C)c(Cl)c1)c1cc(C)c(F)cc1F. The molecular formula is C17H18ClF2N. The van der Waals surface area contributed by atoms with Crippen LogP contribution in [0.3, 0.4) is 0 Å². The Morgan fingerprint density at radius 1 is 1.05 bits per heavy atom. The molecule has 0 fully saturated rings. The Morgan fingerprint density at radius 3 is 2.38 bits per heavy atom. The van der Waals surface area contributed by atoms with Gasteiger partial charge in [0, 0.05) is 16.7 Å². The first kappa shape index (κ1) is 15.9. The van der Waals surface area contributed by atoms with E-state index in [4.69, 9.17) is 11.6 Å². The van der Waals surface area contributed by atoms with Crippen LogP contribution in [0.4, 0.5) is 8.78 Å². The predicted octanol–water partition coefficient (Wildman–Crippen LogP) is 4.93. The summed E-state index contributed by atoms with van der Waals surface area (Å²) < 4.78 is 27.6. The maximum Gasteiger partial charge on any atom is 0.131 e. The summed E-state index contributed by atoms with van der Waals surface area (Å²) in [5, 5.41) is 3.86.